The van der Waals surface area contributed by atoms with Gasteiger partial charge < -0.3 is 61.6 Å². The van der Waals surface area contributed by atoms with E-state index in [2.05, 4.69) is 64.8 Å². The van der Waals surface area contributed by atoms with E-state index in [0.717, 1.165) is 83.1 Å². The number of H-pyrrole nitrogens is 4. The first kappa shape index (κ1) is 75.6. The van der Waals surface area contributed by atoms with Crippen molar-refractivity contribution in [3.63, 3.8) is 0 Å². The Morgan fingerprint density at radius 3 is 0.848 bits per heavy atom. The number of aliphatic imine (C=N–C) groups is 5. The molecule has 0 saturated carbocycles. The highest BCUT2D eigenvalue weighted by Gasteiger charge is 2.28. The molecule has 12 aromatic rings. The number of benzene rings is 8. The maximum Gasteiger partial charge on any atom is 0.150 e. The van der Waals surface area contributed by atoms with Crippen LogP contribution < -0.4 is 11.5 Å². The van der Waals surface area contributed by atoms with Crippen LogP contribution in [0.4, 0.5) is 0 Å². The van der Waals surface area contributed by atoms with Gasteiger partial charge in [0.05, 0.1) is 92.6 Å². The molecule has 15 N–H and O–H groups in total. The molecule has 0 atom stereocenters. The van der Waals surface area contributed by atoms with Crippen LogP contribution in [0.1, 0.15) is 97.5 Å². The second-order valence-corrected chi connectivity index (χ2v) is 24.2. The summed E-state index contributed by atoms with van der Waals surface area (Å²) < 4.78 is 0. The van der Waals surface area contributed by atoms with Crippen LogP contribution in [0.2, 0.25) is 0 Å². The smallest absolute Gasteiger partial charge is 0.150 e. The van der Waals surface area contributed by atoms with Crippen molar-refractivity contribution in [2.75, 3.05) is 61.4 Å². The lowest BCUT2D eigenvalue weighted by molar-refractivity contribution is 0.447. The highest BCUT2D eigenvalue weighted by atomic mass is 16.3. The first-order valence-electron chi connectivity index (χ1n) is 32.1. The molecule has 16 rings (SSSR count). The number of amidine groups is 4. The van der Waals surface area contributed by atoms with Crippen LogP contribution in [0, 0.1) is 16.2 Å². The van der Waals surface area contributed by atoms with E-state index in [1.807, 2.05) is 204 Å². The SMILES string of the molecule is C.C.C.C.CN(C)C(=N)c1ccc2nc(C3=C(O)C(c4ccccc4)=NC3)[nH]c2c1.CN(C)C(=N)c1ccc2nc(C3=C(O)C(c4ccccc4)=NC3)[nH]c2c1.CN=C(N)c1ccc2nc(C3=C(O)C(c4ccccc4)=NC3)[nH]c2c1.N=C(N)c1ccc2nc(C3=C(O)C(c4ccccc4)=NC3)[nH]c2c1. The van der Waals surface area contributed by atoms with Gasteiger partial charge >= 0.3 is 0 Å². The number of hydrogen-bond donors (Lipinski definition) is 13. The average molecular weight is 1400 g/mol. The lowest BCUT2D eigenvalue weighted by Crippen LogP contribution is -2.21. The normalized spacial score (nSPS) is 13.8. The fraction of sp³-hybridized carbons (Fsp3) is 0.160. The fourth-order valence-electron chi connectivity index (χ4n) is 11.7. The Labute approximate surface area is 608 Å². The third-order valence-electron chi connectivity index (χ3n) is 17.2. The molecular weight excluding hydrogens is 1320 g/mol. The third kappa shape index (κ3) is 15.6. The summed E-state index contributed by atoms with van der Waals surface area (Å²) in [7, 11) is 9.02. The molecule has 0 radical (unpaired) electrons. The molecule has 0 bridgehead atoms. The molecule has 8 aromatic carbocycles. The van der Waals surface area contributed by atoms with Crippen molar-refractivity contribution in [3.05, 3.63) is 285 Å². The van der Waals surface area contributed by atoms with Crippen molar-refractivity contribution in [2.24, 2.45) is 36.4 Å². The maximum atomic E-state index is 10.6. The highest BCUT2D eigenvalue weighted by Crippen LogP contribution is 2.32. The second-order valence-electron chi connectivity index (χ2n) is 24.2. The molecule has 0 saturated heterocycles. The molecule has 4 aliphatic heterocycles. The summed E-state index contributed by atoms with van der Waals surface area (Å²) in [6.07, 6.45) is 0. The monoisotopic (exact) mass is 1400 g/mol. The lowest BCUT2D eigenvalue weighted by Gasteiger charge is -2.13. The van der Waals surface area contributed by atoms with Crippen LogP contribution >= 0.6 is 0 Å². The maximum absolute atomic E-state index is 10.6. The average Bonchev–Trinajstić information content (AvgIpc) is 1.66. The number of nitrogens with zero attached hydrogens (tertiary/aromatic N) is 11. The zero-order chi connectivity index (χ0) is 70.6. The van der Waals surface area contributed by atoms with Crippen LogP contribution in [-0.4, -0.2) is 178 Å². The summed E-state index contributed by atoms with van der Waals surface area (Å²) >= 11 is 0. The Bertz CT molecular complexity index is 5380. The van der Waals surface area contributed by atoms with E-state index in [-0.39, 0.29) is 58.6 Å². The van der Waals surface area contributed by atoms with Crippen molar-refractivity contribution < 1.29 is 20.4 Å². The number of hydrogen-bond acceptors (Lipinski definition) is 16. The first-order valence-corrected chi connectivity index (χ1v) is 32.1. The molecule has 4 aliphatic rings. The molecule has 0 fully saturated rings. The summed E-state index contributed by atoms with van der Waals surface area (Å²) in [4.78, 5) is 56.6. The van der Waals surface area contributed by atoms with Gasteiger partial charge in [0.25, 0.3) is 0 Å². The molecule has 24 nitrogen and oxygen atoms in total. The van der Waals surface area contributed by atoms with Gasteiger partial charge in [0.1, 0.15) is 92.5 Å². The Hall–Kier alpha value is -13.6. The van der Waals surface area contributed by atoms with Gasteiger partial charge in [-0.2, -0.15) is 0 Å². The predicted molar refractivity (Wildman–Crippen MR) is 430 cm³/mol. The van der Waals surface area contributed by atoms with E-state index >= 15 is 0 Å². The number of imidazole rings is 4. The number of rotatable bonds is 12. The van der Waals surface area contributed by atoms with Gasteiger partial charge in [-0.1, -0.05) is 151 Å². The van der Waals surface area contributed by atoms with E-state index < -0.39 is 0 Å². The lowest BCUT2D eigenvalue weighted by atomic mass is 10.1. The standard InChI is InChI=1S/2C20H19N5O.C19H17N5O.C18H15N5O.4CH4/c2*1-25(2)19(21)13-8-9-15-16(10-13)24-20(23-15)14-11-22-17(18(14)26)12-6-4-3-5-7-12;1-21-18(20)12-7-8-14-15(9-12)24-19(23-14)13-10-22-16(17(13)25)11-5-3-2-4-6-11;19-17(20)11-6-7-13-14(8-11)23-18(22-13)12-9-21-15(16(12)24)10-4-2-1-3-5-10;;;;/h2*3-10,21,26H,11H2,1-2H3,(H,23,24);2-9,25H,10H2,1H3,(H2,20,21)(H,23,24);1-8,24H,9H2,(H3,19,20)(H,22,23);4*1H4. The largest absolute Gasteiger partial charge is 0.505 e. The van der Waals surface area contributed by atoms with E-state index in [1.165, 1.54) is 0 Å². The second kappa shape index (κ2) is 32.3. The van der Waals surface area contributed by atoms with Crippen LogP contribution in [0.3, 0.4) is 0 Å². The number of nitrogens with two attached hydrogens (primary N) is 2. The summed E-state index contributed by atoms with van der Waals surface area (Å²) in [5.41, 5.74) is 29.5. The molecule has 105 heavy (non-hydrogen) atoms. The van der Waals surface area contributed by atoms with Crippen molar-refractivity contribution in [2.45, 2.75) is 29.7 Å². The predicted octanol–water partition coefficient (Wildman–Crippen LogP) is 14.3. The molecule has 534 valence electrons. The topological polar surface area (TPSA) is 388 Å². The summed E-state index contributed by atoms with van der Waals surface area (Å²) in [5, 5.41) is 66.2. The van der Waals surface area contributed by atoms with Gasteiger partial charge in [0.15, 0.2) is 0 Å². The minimum absolute atomic E-state index is 0. The number of fused-ring (bicyclic) bond motifs is 4. The van der Waals surface area contributed by atoms with Crippen molar-refractivity contribution >= 4 is 113 Å². The molecule has 0 aliphatic carbocycles. The number of allylic oxidation sites excluding steroid dienone is 4. The number of nitrogen functional groups attached to an aromatic ring is 1. The van der Waals surface area contributed by atoms with E-state index in [4.69, 9.17) is 27.7 Å². The molecule has 0 unspecified atom stereocenters. The molecule has 0 amide bonds. The van der Waals surface area contributed by atoms with E-state index in [9.17, 15) is 20.4 Å². The Morgan fingerprint density at radius 2 is 0.600 bits per heavy atom. The zero-order valence-electron chi connectivity index (χ0n) is 55.7. The van der Waals surface area contributed by atoms with Crippen LogP contribution in [0.15, 0.2) is 242 Å². The van der Waals surface area contributed by atoms with Crippen molar-refractivity contribution in [1.29, 1.82) is 16.2 Å². The highest BCUT2D eigenvalue weighted by molar-refractivity contribution is 6.20. The first-order chi connectivity index (χ1) is 48.9. The number of nitrogens with one attached hydrogen (secondary N) is 7. The van der Waals surface area contributed by atoms with Gasteiger partial charge in [-0.3, -0.25) is 41.2 Å². The molecule has 0 spiro atoms. The Morgan fingerprint density at radius 1 is 0.362 bits per heavy atom. The summed E-state index contributed by atoms with van der Waals surface area (Å²) in [5.74, 6) is 4.40. The van der Waals surface area contributed by atoms with Gasteiger partial charge in [-0.05, 0) is 72.8 Å². The Kier molecular flexibility index (Phi) is 23.3. The van der Waals surface area contributed by atoms with Gasteiger partial charge in [0, 0.05) is 79.7 Å². The van der Waals surface area contributed by atoms with Crippen molar-refractivity contribution in [3.8, 4) is 0 Å². The fourth-order valence-corrected chi connectivity index (χ4v) is 11.7. The minimum atomic E-state index is 0. The minimum Gasteiger partial charge on any atom is -0.505 e. The zero-order valence-corrected chi connectivity index (χ0v) is 55.7. The van der Waals surface area contributed by atoms with Crippen LogP contribution in [-0.2, 0) is 0 Å². The molecule has 24 heteroatoms. The summed E-state index contributed by atoms with van der Waals surface area (Å²) in [6.45, 7) is 1.53. The number of aromatic amines is 4. The number of aliphatic hydroxyl groups is 4. The van der Waals surface area contributed by atoms with Gasteiger partial charge in [-0.15, -0.1) is 0 Å². The van der Waals surface area contributed by atoms with Crippen LogP contribution in [0.5, 0.6) is 0 Å². The summed E-state index contributed by atoms with van der Waals surface area (Å²) in [6, 6.07) is 60.8. The van der Waals surface area contributed by atoms with Crippen molar-refractivity contribution in [1.82, 2.24) is 49.7 Å². The van der Waals surface area contributed by atoms with Gasteiger partial charge in [-0.25, -0.2) is 19.9 Å². The molecular formula is C81H86N20O4. The Balaban J connectivity index is 0.000000160. The van der Waals surface area contributed by atoms with Crippen LogP contribution in [0.25, 0.3) is 66.4 Å². The number of aromatic nitrogens is 8. The molecule has 8 heterocycles. The van der Waals surface area contributed by atoms with Gasteiger partial charge in [0.2, 0.25) is 0 Å². The quantitative estimate of drug-likeness (QED) is 0.0401. The molecule has 4 aromatic heterocycles. The van der Waals surface area contributed by atoms with E-state index in [1.54, 1.807) is 35.0 Å². The third-order valence-corrected chi connectivity index (χ3v) is 17.2. The number of aliphatic hydroxyl groups excluding tert-OH is 4. The van der Waals surface area contributed by atoms with E-state index in [0.29, 0.717) is 118 Å².